The monoisotopic (exact) mass is 267 g/mol. The van der Waals surface area contributed by atoms with Crippen LogP contribution in [0.3, 0.4) is 0 Å². The van der Waals surface area contributed by atoms with Gasteiger partial charge in [-0.05, 0) is 49.4 Å². The molecule has 1 rings (SSSR count). The van der Waals surface area contributed by atoms with Crippen molar-refractivity contribution >= 4 is 0 Å². The Morgan fingerprint density at radius 2 is 1.74 bits per heavy atom. The van der Waals surface area contributed by atoms with Crippen LogP contribution < -0.4 is 5.32 Å². The number of nitrogens with one attached hydrogen (secondary N) is 1. The Bertz CT molecular complexity index is 236. The maximum absolute atomic E-state index is 4.03. The normalized spacial score (nSPS) is 31.4. The van der Waals surface area contributed by atoms with E-state index in [0.29, 0.717) is 0 Å². The smallest absolute Gasteiger partial charge is 0.0103 e. The van der Waals surface area contributed by atoms with Gasteiger partial charge in [-0.25, -0.2) is 0 Å². The van der Waals surface area contributed by atoms with Crippen LogP contribution in [0.1, 0.15) is 80.1 Å². The lowest BCUT2D eigenvalue weighted by Gasteiger charge is -2.40. The largest absolute Gasteiger partial charge is 0.311 e. The van der Waals surface area contributed by atoms with E-state index in [1.165, 1.54) is 38.5 Å². The fourth-order valence-electron chi connectivity index (χ4n) is 3.70. The van der Waals surface area contributed by atoms with Gasteiger partial charge in [0.05, 0.1) is 0 Å². The third kappa shape index (κ3) is 5.45. The molecule has 19 heavy (non-hydrogen) atoms. The predicted molar refractivity (Wildman–Crippen MR) is 86.4 cm³/mol. The van der Waals surface area contributed by atoms with Crippen LogP contribution >= 0.6 is 0 Å². The zero-order valence-corrected chi connectivity index (χ0v) is 14.2. The van der Waals surface area contributed by atoms with Crippen molar-refractivity contribution in [3.63, 3.8) is 0 Å². The average Bonchev–Trinajstić information content (AvgIpc) is 2.37. The first-order chi connectivity index (χ1) is 8.97. The van der Waals surface area contributed by atoms with Gasteiger partial charge in [0.2, 0.25) is 0 Å². The zero-order chi connectivity index (χ0) is 14.4. The quantitative estimate of drug-likeness (QED) is 0.664. The van der Waals surface area contributed by atoms with Gasteiger partial charge in [0.1, 0.15) is 0 Å². The van der Waals surface area contributed by atoms with Crippen LogP contribution in [0.4, 0.5) is 0 Å². The van der Waals surface area contributed by atoms with Gasteiger partial charge < -0.3 is 5.32 Å². The van der Waals surface area contributed by atoms with Crippen molar-refractivity contribution in [3.05, 3.63) is 0 Å². The highest BCUT2D eigenvalue weighted by Crippen LogP contribution is 2.34. The predicted octanol–water partition coefficient (Wildman–Crippen LogP) is 5.25. The Hall–Kier alpha value is -0.0400. The maximum Gasteiger partial charge on any atom is 0.0103 e. The first-order valence-electron chi connectivity index (χ1n) is 8.73. The summed E-state index contributed by atoms with van der Waals surface area (Å²) in [5.41, 5.74) is 0. The molecule has 0 aromatic rings. The van der Waals surface area contributed by atoms with E-state index in [0.717, 1.165) is 35.8 Å². The maximum atomic E-state index is 4.03. The van der Waals surface area contributed by atoms with Crippen molar-refractivity contribution in [2.45, 2.75) is 92.2 Å². The Morgan fingerprint density at radius 1 is 1.05 bits per heavy atom. The molecular weight excluding hydrogens is 230 g/mol. The number of rotatable bonds is 7. The molecule has 1 nitrogen and oxygen atoms in total. The number of hydrogen-bond donors (Lipinski definition) is 1. The first kappa shape index (κ1) is 17.0. The van der Waals surface area contributed by atoms with Crippen LogP contribution in [0.2, 0.25) is 0 Å². The molecular formula is C18H37N. The SMILES string of the molecule is CCC(C)CC(CC)NC1CC(C)CCC1C(C)C. The molecule has 1 saturated carbocycles. The molecule has 1 aliphatic carbocycles. The molecule has 0 aromatic heterocycles. The standard InChI is InChI=1S/C18H37N/c1-7-14(5)11-16(8-2)19-18-12-15(6)9-10-17(18)13(3)4/h13-19H,7-12H2,1-6H3. The minimum Gasteiger partial charge on any atom is -0.311 e. The third-order valence-electron chi connectivity index (χ3n) is 5.35. The topological polar surface area (TPSA) is 12.0 Å². The highest BCUT2D eigenvalue weighted by molar-refractivity contribution is 4.87. The van der Waals surface area contributed by atoms with E-state index in [4.69, 9.17) is 0 Å². The molecule has 1 N–H and O–H groups in total. The molecule has 1 fully saturated rings. The van der Waals surface area contributed by atoms with Gasteiger partial charge in [-0.2, -0.15) is 0 Å². The summed E-state index contributed by atoms with van der Waals surface area (Å²) in [7, 11) is 0. The average molecular weight is 268 g/mol. The van der Waals surface area contributed by atoms with E-state index < -0.39 is 0 Å². The van der Waals surface area contributed by atoms with Crippen molar-refractivity contribution in [3.8, 4) is 0 Å². The van der Waals surface area contributed by atoms with Crippen LogP contribution in [-0.4, -0.2) is 12.1 Å². The Labute approximate surface area is 121 Å². The fourth-order valence-corrected chi connectivity index (χ4v) is 3.70. The van der Waals surface area contributed by atoms with Gasteiger partial charge in [0.15, 0.2) is 0 Å². The van der Waals surface area contributed by atoms with Crippen LogP contribution in [0, 0.1) is 23.7 Å². The van der Waals surface area contributed by atoms with Gasteiger partial charge in [-0.1, -0.05) is 54.4 Å². The van der Waals surface area contributed by atoms with E-state index in [1.807, 2.05) is 0 Å². The Kier molecular flexibility index (Phi) is 7.42. The summed E-state index contributed by atoms with van der Waals surface area (Å²) in [6, 6.07) is 1.49. The van der Waals surface area contributed by atoms with Crippen molar-refractivity contribution < 1.29 is 0 Å². The van der Waals surface area contributed by atoms with Gasteiger partial charge in [-0.15, -0.1) is 0 Å². The molecule has 0 bridgehead atoms. The van der Waals surface area contributed by atoms with Crippen molar-refractivity contribution in [2.24, 2.45) is 23.7 Å². The van der Waals surface area contributed by atoms with Gasteiger partial charge in [0, 0.05) is 12.1 Å². The van der Waals surface area contributed by atoms with E-state index in [9.17, 15) is 0 Å². The van der Waals surface area contributed by atoms with E-state index in [1.54, 1.807) is 0 Å². The van der Waals surface area contributed by atoms with Crippen molar-refractivity contribution in [2.75, 3.05) is 0 Å². The summed E-state index contributed by atoms with van der Waals surface area (Å²) in [5.74, 6) is 3.48. The molecule has 0 saturated heterocycles. The number of hydrogen-bond acceptors (Lipinski definition) is 1. The summed E-state index contributed by atoms with van der Waals surface area (Å²) in [6.45, 7) is 14.3. The fraction of sp³-hybridized carbons (Fsp3) is 1.00. The highest BCUT2D eigenvalue weighted by atomic mass is 15.0. The molecule has 0 spiro atoms. The van der Waals surface area contributed by atoms with E-state index in [-0.39, 0.29) is 0 Å². The molecule has 0 amide bonds. The first-order valence-corrected chi connectivity index (χ1v) is 8.73. The van der Waals surface area contributed by atoms with E-state index >= 15 is 0 Å². The Morgan fingerprint density at radius 3 is 2.26 bits per heavy atom. The molecule has 5 unspecified atom stereocenters. The molecule has 1 heteroatoms. The summed E-state index contributed by atoms with van der Waals surface area (Å²) >= 11 is 0. The second-order valence-electron chi connectivity index (χ2n) is 7.45. The molecule has 0 aliphatic heterocycles. The second-order valence-corrected chi connectivity index (χ2v) is 7.45. The summed E-state index contributed by atoms with van der Waals surface area (Å²) in [4.78, 5) is 0. The molecule has 0 aromatic carbocycles. The van der Waals surface area contributed by atoms with Crippen LogP contribution in [0.15, 0.2) is 0 Å². The molecule has 1 aliphatic rings. The second kappa shape index (κ2) is 8.29. The molecule has 114 valence electrons. The van der Waals surface area contributed by atoms with Crippen LogP contribution in [0.25, 0.3) is 0 Å². The van der Waals surface area contributed by atoms with Crippen LogP contribution in [0.5, 0.6) is 0 Å². The molecule has 0 heterocycles. The van der Waals surface area contributed by atoms with Crippen LogP contribution in [-0.2, 0) is 0 Å². The summed E-state index contributed by atoms with van der Waals surface area (Å²) in [5, 5.41) is 4.03. The summed E-state index contributed by atoms with van der Waals surface area (Å²) in [6.07, 6.45) is 8.19. The minimum absolute atomic E-state index is 0.728. The van der Waals surface area contributed by atoms with E-state index in [2.05, 4.69) is 46.9 Å². The lowest BCUT2D eigenvalue weighted by atomic mass is 9.73. The minimum atomic E-state index is 0.728. The van der Waals surface area contributed by atoms with Gasteiger partial charge in [-0.3, -0.25) is 0 Å². The lowest BCUT2D eigenvalue weighted by molar-refractivity contribution is 0.152. The lowest BCUT2D eigenvalue weighted by Crippen LogP contribution is -2.47. The van der Waals surface area contributed by atoms with Crippen molar-refractivity contribution in [1.29, 1.82) is 0 Å². The van der Waals surface area contributed by atoms with Gasteiger partial charge in [0.25, 0.3) is 0 Å². The zero-order valence-electron chi connectivity index (χ0n) is 14.2. The Balaban J connectivity index is 2.58. The molecule has 5 atom stereocenters. The third-order valence-corrected chi connectivity index (χ3v) is 5.35. The molecule has 0 radical (unpaired) electrons. The summed E-state index contributed by atoms with van der Waals surface area (Å²) < 4.78 is 0. The van der Waals surface area contributed by atoms with Crippen molar-refractivity contribution in [1.82, 2.24) is 5.32 Å². The highest BCUT2D eigenvalue weighted by Gasteiger charge is 2.31. The van der Waals surface area contributed by atoms with Gasteiger partial charge >= 0.3 is 0 Å².